The Labute approximate surface area is 136 Å². The lowest BCUT2D eigenvalue weighted by Gasteiger charge is -2.12. The standard InChI is InChI=1S/C16H14BrNO4/c1-21-15(19)9-14(16(20)22-2)18-13-8-7-12(17)10-5-3-4-6-11(10)13/h3-9,18H,1-2H3/b14-9+. The summed E-state index contributed by atoms with van der Waals surface area (Å²) in [6.45, 7) is 0. The second-order valence-electron chi connectivity index (χ2n) is 4.34. The minimum absolute atomic E-state index is 0.00169. The van der Waals surface area contributed by atoms with Crippen LogP contribution in [0.2, 0.25) is 0 Å². The predicted octanol–water partition coefficient (Wildman–Crippen LogP) is 3.24. The van der Waals surface area contributed by atoms with E-state index in [9.17, 15) is 9.59 Å². The van der Waals surface area contributed by atoms with Crippen LogP contribution in [-0.4, -0.2) is 26.2 Å². The third kappa shape index (κ3) is 3.46. The minimum atomic E-state index is -0.655. The molecule has 0 unspecified atom stereocenters. The zero-order valence-electron chi connectivity index (χ0n) is 12.1. The van der Waals surface area contributed by atoms with Crippen molar-refractivity contribution in [1.29, 1.82) is 0 Å². The molecule has 2 aromatic carbocycles. The number of fused-ring (bicyclic) bond motifs is 1. The average Bonchev–Trinajstić information content (AvgIpc) is 2.55. The topological polar surface area (TPSA) is 64.6 Å². The van der Waals surface area contributed by atoms with Gasteiger partial charge in [0.05, 0.1) is 20.3 Å². The molecule has 0 saturated heterocycles. The van der Waals surface area contributed by atoms with E-state index in [1.807, 2.05) is 30.3 Å². The highest BCUT2D eigenvalue weighted by molar-refractivity contribution is 9.10. The fraction of sp³-hybridized carbons (Fsp3) is 0.125. The van der Waals surface area contributed by atoms with Crippen LogP contribution in [0.5, 0.6) is 0 Å². The molecule has 0 radical (unpaired) electrons. The monoisotopic (exact) mass is 363 g/mol. The summed E-state index contributed by atoms with van der Waals surface area (Å²) in [7, 11) is 2.48. The van der Waals surface area contributed by atoms with Crippen molar-refractivity contribution in [2.24, 2.45) is 0 Å². The first-order valence-corrected chi connectivity index (χ1v) is 7.18. The number of benzene rings is 2. The second kappa shape index (κ2) is 7.09. The van der Waals surface area contributed by atoms with Crippen LogP contribution < -0.4 is 5.32 Å². The van der Waals surface area contributed by atoms with Crippen molar-refractivity contribution in [3.05, 3.63) is 52.6 Å². The van der Waals surface area contributed by atoms with Crippen molar-refractivity contribution in [3.63, 3.8) is 0 Å². The molecule has 0 aliphatic heterocycles. The first-order chi connectivity index (χ1) is 10.6. The highest BCUT2D eigenvalue weighted by Gasteiger charge is 2.14. The molecule has 0 aliphatic rings. The third-order valence-electron chi connectivity index (χ3n) is 3.01. The average molecular weight is 364 g/mol. The van der Waals surface area contributed by atoms with Gasteiger partial charge in [0.15, 0.2) is 0 Å². The lowest BCUT2D eigenvalue weighted by Crippen LogP contribution is -2.15. The number of ether oxygens (including phenoxy) is 2. The van der Waals surface area contributed by atoms with E-state index in [0.717, 1.165) is 21.3 Å². The molecule has 22 heavy (non-hydrogen) atoms. The van der Waals surface area contributed by atoms with Gasteiger partial charge in [-0.3, -0.25) is 0 Å². The molecule has 2 aromatic rings. The van der Waals surface area contributed by atoms with Gasteiger partial charge in [0.1, 0.15) is 5.70 Å². The number of rotatable bonds is 4. The Hall–Kier alpha value is -2.34. The molecule has 0 aliphatic carbocycles. The zero-order chi connectivity index (χ0) is 16.1. The van der Waals surface area contributed by atoms with E-state index in [-0.39, 0.29) is 5.70 Å². The first kappa shape index (κ1) is 16.0. The van der Waals surface area contributed by atoms with E-state index in [2.05, 4.69) is 30.7 Å². The number of halogens is 1. The van der Waals surface area contributed by atoms with Crippen molar-refractivity contribution >= 4 is 44.3 Å². The van der Waals surface area contributed by atoms with Crippen LogP contribution in [0.25, 0.3) is 10.8 Å². The van der Waals surface area contributed by atoms with Crippen LogP contribution in [-0.2, 0) is 19.1 Å². The van der Waals surface area contributed by atoms with Gasteiger partial charge in [-0.2, -0.15) is 0 Å². The van der Waals surface area contributed by atoms with Gasteiger partial charge in [0.25, 0.3) is 0 Å². The molecular weight excluding hydrogens is 350 g/mol. The molecule has 0 heterocycles. The number of methoxy groups -OCH3 is 2. The van der Waals surface area contributed by atoms with Gasteiger partial charge in [0, 0.05) is 15.5 Å². The van der Waals surface area contributed by atoms with Gasteiger partial charge in [-0.1, -0.05) is 40.2 Å². The summed E-state index contributed by atoms with van der Waals surface area (Å²) in [6, 6.07) is 11.3. The molecule has 0 bridgehead atoms. The van der Waals surface area contributed by atoms with E-state index in [4.69, 9.17) is 0 Å². The maximum Gasteiger partial charge on any atom is 0.354 e. The summed E-state index contributed by atoms with van der Waals surface area (Å²) in [4.78, 5) is 23.2. The third-order valence-corrected chi connectivity index (χ3v) is 3.70. The van der Waals surface area contributed by atoms with Crippen molar-refractivity contribution in [2.75, 3.05) is 19.5 Å². The molecule has 0 aromatic heterocycles. The Bertz CT molecular complexity index is 755. The number of anilines is 1. The van der Waals surface area contributed by atoms with Gasteiger partial charge in [-0.15, -0.1) is 0 Å². The molecule has 5 nitrogen and oxygen atoms in total. The van der Waals surface area contributed by atoms with Crippen molar-refractivity contribution in [1.82, 2.24) is 0 Å². The van der Waals surface area contributed by atoms with E-state index in [1.54, 1.807) is 6.07 Å². The number of nitrogens with one attached hydrogen (secondary N) is 1. The summed E-state index contributed by atoms with van der Waals surface area (Å²) in [5.41, 5.74) is 0.682. The predicted molar refractivity (Wildman–Crippen MR) is 87.4 cm³/mol. The molecule has 114 valence electrons. The number of carbonyl (C=O) groups excluding carboxylic acids is 2. The molecule has 0 fully saturated rings. The van der Waals surface area contributed by atoms with E-state index in [0.29, 0.717) is 5.69 Å². The van der Waals surface area contributed by atoms with Crippen LogP contribution in [0.1, 0.15) is 0 Å². The lowest BCUT2D eigenvalue weighted by molar-refractivity contribution is -0.138. The fourth-order valence-corrected chi connectivity index (χ4v) is 2.43. The van der Waals surface area contributed by atoms with Gasteiger partial charge in [-0.05, 0) is 17.5 Å². The maximum atomic E-state index is 11.8. The van der Waals surface area contributed by atoms with Crippen molar-refractivity contribution in [2.45, 2.75) is 0 Å². The Morgan fingerprint density at radius 1 is 1.05 bits per heavy atom. The molecule has 0 amide bonds. The Kier molecular flexibility index (Phi) is 5.16. The number of hydrogen-bond acceptors (Lipinski definition) is 5. The van der Waals surface area contributed by atoms with E-state index >= 15 is 0 Å². The summed E-state index contributed by atoms with van der Waals surface area (Å²) in [5.74, 6) is -1.30. The summed E-state index contributed by atoms with van der Waals surface area (Å²) in [6.07, 6.45) is 1.06. The minimum Gasteiger partial charge on any atom is -0.466 e. The molecule has 2 rings (SSSR count). The Balaban J connectivity index is 2.47. The zero-order valence-corrected chi connectivity index (χ0v) is 13.6. The molecular formula is C16H14BrNO4. The van der Waals surface area contributed by atoms with Crippen LogP contribution in [0, 0.1) is 0 Å². The maximum absolute atomic E-state index is 11.8. The highest BCUT2D eigenvalue weighted by atomic mass is 79.9. The van der Waals surface area contributed by atoms with Crippen molar-refractivity contribution < 1.29 is 19.1 Å². The number of carbonyl (C=O) groups is 2. The van der Waals surface area contributed by atoms with Crippen LogP contribution >= 0.6 is 15.9 Å². The number of hydrogen-bond donors (Lipinski definition) is 1. The smallest absolute Gasteiger partial charge is 0.354 e. The quantitative estimate of drug-likeness (QED) is 0.667. The van der Waals surface area contributed by atoms with Gasteiger partial charge < -0.3 is 14.8 Å². The van der Waals surface area contributed by atoms with Crippen molar-refractivity contribution in [3.8, 4) is 0 Å². The summed E-state index contributed by atoms with van der Waals surface area (Å²) >= 11 is 3.48. The van der Waals surface area contributed by atoms with E-state index < -0.39 is 11.9 Å². The number of esters is 2. The van der Waals surface area contributed by atoms with Crippen LogP contribution in [0.15, 0.2) is 52.6 Å². The fourth-order valence-electron chi connectivity index (χ4n) is 1.95. The summed E-state index contributed by atoms with van der Waals surface area (Å²) in [5, 5.41) is 4.81. The normalized spacial score (nSPS) is 11.1. The molecule has 0 atom stereocenters. The Morgan fingerprint density at radius 2 is 1.73 bits per heavy atom. The van der Waals surface area contributed by atoms with Crippen LogP contribution in [0.3, 0.4) is 0 Å². The Morgan fingerprint density at radius 3 is 2.36 bits per heavy atom. The SMILES string of the molecule is COC(=O)/C=C(/Nc1ccc(Br)c2ccccc12)C(=O)OC. The highest BCUT2D eigenvalue weighted by Crippen LogP contribution is 2.30. The van der Waals surface area contributed by atoms with Gasteiger partial charge >= 0.3 is 11.9 Å². The molecule has 0 spiro atoms. The van der Waals surface area contributed by atoms with E-state index in [1.165, 1.54) is 14.2 Å². The summed E-state index contributed by atoms with van der Waals surface area (Å²) < 4.78 is 10.2. The van der Waals surface area contributed by atoms with Gasteiger partial charge in [0.2, 0.25) is 0 Å². The second-order valence-corrected chi connectivity index (χ2v) is 5.19. The van der Waals surface area contributed by atoms with Crippen LogP contribution in [0.4, 0.5) is 5.69 Å². The lowest BCUT2D eigenvalue weighted by atomic mass is 10.1. The molecule has 1 N–H and O–H groups in total. The molecule has 6 heteroatoms. The largest absolute Gasteiger partial charge is 0.466 e. The first-order valence-electron chi connectivity index (χ1n) is 6.39. The molecule has 0 saturated carbocycles. The van der Waals surface area contributed by atoms with Gasteiger partial charge in [-0.25, -0.2) is 9.59 Å².